The van der Waals surface area contributed by atoms with E-state index >= 15 is 0 Å². The normalized spacial score (nSPS) is 14.5. The van der Waals surface area contributed by atoms with Crippen molar-refractivity contribution >= 4 is 27.5 Å². The maximum absolute atomic E-state index is 13.5. The summed E-state index contributed by atoms with van der Waals surface area (Å²) in [5.41, 5.74) is 1.09. The average Bonchev–Trinajstić information content (AvgIpc) is 2.85. The van der Waals surface area contributed by atoms with Crippen LogP contribution in [0.2, 0.25) is 0 Å². The Labute approximate surface area is 206 Å². The fourth-order valence-corrected chi connectivity index (χ4v) is 5.41. The second kappa shape index (κ2) is 10.9. The van der Waals surface area contributed by atoms with Crippen molar-refractivity contribution in [3.8, 4) is 11.5 Å². The SMILES string of the molecule is CCOc1ccc(OCC)c(S(=O)(=O)N2CCN(c3cc(Nc4cc(C)ccn4)ncn3)CC2)c1. The maximum atomic E-state index is 13.5. The van der Waals surface area contributed by atoms with Crippen LogP contribution in [0.1, 0.15) is 19.4 Å². The van der Waals surface area contributed by atoms with Crippen LogP contribution in [0.4, 0.5) is 17.5 Å². The Balaban J connectivity index is 1.47. The second-order valence-corrected chi connectivity index (χ2v) is 9.88. The second-order valence-electron chi connectivity index (χ2n) is 7.97. The van der Waals surface area contributed by atoms with Crippen molar-refractivity contribution in [1.82, 2.24) is 19.3 Å². The summed E-state index contributed by atoms with van der Waals surface area (Å²) < 4.78 is 39.6. The van der Waals surface area contributed by atoms with Gasteiger partial charge in [0.25, 0.3) is 0 Å². The molecule has 1 aliphatic rings. The molecule has 0 saturated carbocycles. The fourth-order valence-electron chi connectivity index (χ4n) is 3.84. The molecule has 11 heteroatoms. The van der Waals surface area contributed by atoms with Crippen molar-refractivity contribution in [3.63, 3.8) is 0 Å². The highest BCUT2D eigenvalue weighted by atomic mass is 32.2. The maximum Gasteiger partial charge on any atom is 0.247 e. The number of benzene rings is 1. The largest absolute Gasteiger partial charge is 0.494 e. The molecule has 0 unspecified atom stereocenters. The number of hydrogen-bond acceptors (Lipinski definition) is 9. The number of hydrogen-bond donors (Lipinski definition) is 1. The quantitative estimate of drug-likeness (QED) is 0.475. The van der Waals surface area contributed by atoms with Crippen LogP contribution in [0.25, 0.3) is 0 Å². The number of pyridine rings is 1. The molecule has 3 heterocycles. The number of anilines is 3. The van der Waals surface area contributed by atoms with Gasteiger partial charge in [0.05, 0.1) is 13.2 Å². The zero-order chi connectivity index (χ0) is 24.8. The molecule has 1 aliphatic heterocycles. The number of aromatic nitrogens is 3. The van der Waals surface area contributed by atoms with Gasteiger partial charge in [-0.05, 0) is 50.6 Å². The minimum atomic E-state index is -3.77. The Kier molecular flexibility index (Phi) is 7.67. The highest BCUT2D eigenvalue weighted by Gasteiger charge is 2.32. The lowest BCUT2D eigenvalue weighted by Gasteiger charge is -2.35. The van der Waals surface area contributed by atoms with Crippen molar-refractivity contribution in [3.05, 3.63) is 54.5 Å². The molecule has 35 heavy (non-hydrogen) atoms. The Hall–Kier alpha value is -3.44. The zero-order valence-electron chi connectivity index (χ0n) is 20.1. The first-order chi connectivity index (χ1) is 16.9. The first kappa shape index (κ1) is 24.7. The van der Waals surface area contributed by atoms with E-state index in [9.17, 15) is 8.42 Å². The van der Waals surface area contributed by atoms with Gasteiger partial charge in [-0.1, -0.05) is 0 Å². The first-order valence-electron chi connectivity index (χ1n) is 11.6. The molecule has 1 saturated heterocycles. The minimum Gasteiger partial charge on any atom is -0.494 e. The van der Waals surface area contributed by atoms with Gasteiger partial charge in [0.1, 0.15) is 40.2 Å². The Morgan fingerprint density at radius 3 is 2.37 bits per heavy atom. The standard InChI is InChI=1S/C24H30N6O4S/c1-4-33-19-6-7-20(34-5-2)21(15-19)35(31,32)30-12-10-29(11-13-30)24-16-23(26-17-27-24)28-22-14-18(3)8-9-25-22/h6-9,14-17H,4-5,10-13H2,1-3H3,(H,25,26,27,28). The summed E-state index contributed by atoms with van der Waals surface area (Å²) >= 11 is 0. The molecule has 0 bridgehead atoms. The van der Waals surface area contributed by atoms with E-state index in [4.69, 9.17) is 9.47 Å². The summed E-state index contributed by atoms with van der Waals surface area (Å²) in [5.74, 6) is 2.87. The summed E-state index contributed by atoms with van der Waals surface area (Å²) in [5, 5.41) is 3.19. The number of rotatable bonds is 9. The number of nitrogens with zero attached hydrogens (tertiary/aromatic N) is 5. The molecule has 2 aromatic heterocycles. The van der Waals surface area contributed by atoms with Crippen molar-refractivity contribution in [1.29, 1.82) is 0 Å². The fraction of sp³-hybridized carbons (Fsp3) is 0.375. The van der Waals surface area contributed by atoms with E-state index in [-0.39, 0.29) is 4.90 Å². The topological polar surface area (TPSA) is 110 Å². The lowest BCUT2D eigenvalue weighted by Crippen LogP contribution is -2.49. The number of nitrogens with one attached hydrogen (secondary N) is 1. The van der Waals surface area contributed by atoms with Gasteiger partial charge in [0.15, 0.2) is 0 Å². The van der Waals surface area contributed by atoms with Gasteiger partial charge in [0.2, 0.25) is 10.0 Å². The minimum absolute atomic E-state index is 0.123. The van der Waals surface area contributed by atoms with Gasteiger partial charge >= 0.3 is 0 Å². The average molecular weight is 499 g/mol. The van der Waals surface area contributed by atoms with Crippen LogP contribution < -0.4 is 19.7 Å². The predicted octanol–water partition coefficient (Wildman–Crippen LogP) is 3.23. The summed E-state index contributed by atoms with van der Waals surface area (Å²) in [6.45, 7) is 8.12. The summed E-state index contributed by atoms with van der Waals surface area (Å²) in [6, 6.07) is 10.6. The van der Waals surface area contributed by atoms with E-state index in [1.807, 2.05) is 43.9 Å². The molecule has 0 atom stereocenters. The van der Waals surface area contributed by atoms with Crippen LogP contribution in [0.5, 0.6) is 11.5 Å². The van der Waals surface area contributed by atoms with Crippen LogP contribution >= 0.6 is 0 Å². The molecule has 1 aromatic carbocycles. The molecule has 0 spiro atoms. The van der Waals surface area contributed by atoms with Crippen LogP contribution in [-0.4, -0.2) is 67.1 Å². The van der Waals surface area contributed by atoms with E-state index < -0.39 is 10.0 Å². The zero-order valence-corrected chi connectivity index (χ0v) is 21.0. The monoisotopic (exact) mass is 498 g/mol. The number of aryl methyl sites for hydroxylation is 1. The summed E-state index contributed by atoms with van der Waals surface area (Å²) in [6.07, 6.45) is 3.23. The number of ether oxygens (including phenoxy) is 2. The van der Waals surface area contributed by atoms with Crippen molar-refractivity contribution in [2.45, 2.75) is 25.7 Å². The molecule has 1 fully saturated rings. The van der Waals surface area contributed by atoms with Gasteiger partial charge in [-0.25, -0.2) is 23.4 Å². The molecule has 0 aliphatic carbocycles. The smallest absolute Gasteiger partial charge is 0.247 e. The van der Waals surface area contributed by atoms with E-state index in [0.717, 1.165) is 11.4 Å². The predicted molar refractivity (Wildman–Crippen MR) is 134 cm³/mol. The van der Waals surface area contributed by atoms with Crippen LogP contribution in [0, 0.1) is 6.92 Å². The van der Waals surface area contributed by atoms with Gasteiger partial charge < -0.3 is 19.7 Å². The summed E-state index contributed by atoms with van der Waals surface area (Å²) in [4.78, 5) is 15.1. The molecule has 3 aromatic rings. The van der Waals surface area contributed by atoms with Gasteiger partial charge in [-0.3, -0.25) is 0 Å². The Morgan fingerprint density at radius 1 is 0.914 bits per heavy atom. The molecule has 10 nitrogen and oxygen atoms in total. The van der Waals surface area contributed by atoms with Crippen molar-refractivity contribution in [2.24, 2.45) is 0 Å². The molecule has 4 rings (SSSR count). The first-order valence-corrected chi connectivity index (χ1v) is 13.0. The van der Waals surface area contributed by atoms with Crippen molar-refractivity contribution < 1.29 is 17.9 Å². The lowest BCUT2D eigenvalue weighted by molar-refractivity contribution is 0.319. The third-order valence-electron chi connectivity index (χ3n) is 5.53. The third-order valence-corrected chi connectivity index (χ3v) is 7.45. The molecular formula is C24H30N6O4S. The number of sulfonamides is 1. The van der Waals surface area contributed by atoms with Gasteiger partial charge in [-0.15, -0.1) is 0 Å². The van der Waals surface area contributed by atoms with Crippen LogP contribution in [-0.2, 0) is 10.0 Å². The van der Waals surface area contributed by atoms with Gasteiger partial charge in [0, 0.05) is 44.5 Å². The molecule has 186 valence electrons. The van der Waals surface area contributed by atoms with Crippen molar-refractivity contribution in [2.75, 3.05) is 49.6 Å². The lowest BCUT2D eigenvalue weighted by atomic mass is 10.3. The Morgan fingerprint density at radius 2 is 1.66 bits per heavy atom. The van der Waals surface area contributed by atoms with E-state index in [1.54, 1.807) is 18.3 Å². The highest BCUT2D eigenvalue weighted by molar-refractivity contribution is 7.89. The summed E-state index contributed by atoms with van der Waals surface area (Å²) in [7, 11) is -3.77. The molecule has 0 radical (unpaired) electrons. The van der Waals surface area contributed by atoms with Gasteiger partial charge in [-0.2, -0.15) is 4.31 Å². The van der Waals surface area contributed by atoms with Crippen LogP contribution in [0.3, 0.4) is 0 Å². The molecule has 1 N–H and O–H groups in total. The van der Waals surface area contributed by atoms with E-state index in [2.05, 4.69) is 20.3 Å². The van der Waals surface area contributed by atoms with Crippen LogP contribution in [0.15, 0.2) is 53.8 Å². The van der Waals surface area contributed by atoms with E-state index in [0.29, 0.717) is 62.5 Å². The molecule has 0 amide bonds. The number of piperazine rings is 1. The Bertz CT molecular complexity index is 1260. The third kappa shape index (κ3) is 5.80. The highest BCUT2D eigenvalue weighted by Crippen LogP contribution is 2.32. The molecular weight excluding hydrogens is 468 g/mol. The van der Waals surface area contributed by atoms with E-state index in [1.165, 1.54) is 16.7 Å².